The Morgan fingerprint density at radius 1 is 1.43 bits per heavy atom. The highest BCUT2D eigenvalue weighted by Crippen LogP contribution is 2.34. The molecule has 110 valence electrons. The molecule has 5 heteroatoms. The first-order valence-electron chi connectivity index (χ1n) is 7.17. The predicted molar refractivity (Wildman–Crippen MR) is 79.8 cm³/mol. The van der Waals surface area contributed by atoms with Crippen LogP contribution in [0.15, 0.2) is 28.8 Å². The standard InChI is InChI=1S/C16H19N3O2/c1-10-5-3-6-12(17)15(10)16(20)19-8-4-7-13(19)14-9-11(2)18-21-14/h3,5-6,9,13H,4,7-8,17H2,1-2H3. The first-order valence-corrected chi connectivity index (χ1v) is 7.17. The Hall–Kier alpha value is -2.30. The molecule has 0 saturated carbocycles. The van der Waals surface area contributed by atoms with E-state index in [4.69, 9.17) is 10.3 Å². The molecule has 0 bridgehead atoms. The lowest BCUT2D eigenvalue weighted by Gasteiger charge is -2.24. The number of likely N-dealkylation sites (tertiary alicyclic amines) is 1. The van der Waals surface area contributed by atoms with Crippen LogP contribution in [0.1, 0.15) is 46.3 Å². The number of carbonyl (C=O) groups is 1. The topological polar surface area (TPSA) is 72.4 Å². The van der Waals surface area contributed by atoms with Crippen molar-refractivity contribution in [1.29, 1.82) is 0 Å². The highest BCUT2D eigenvalue weighted by Gasteiger charge is 2.34. The first-order chi connectivity index (χ1) is 10.1. The van der Waals surface area contributed by atoms with E-state index >= 15 is 0 Å². The summed E-state index contributed by atoms with van der Waals surface area (Å²) in [5, 5.41) is 3.93. The lowest BCUT2D eigenvalue weighted by Crippen LogP contribution is -2.31. The lowest BCUT2D eigenvalue weighted by molar-refractivity contribution is 0.0715. The van der Waals surface area contributed by atoms with Crippen molar-refractivity contribution in [1.82, 2.24) is 10.1 Å². The summed E-state index contributed by atoms with van der Waals surface area (Å²) in [7, 11) is 0. The second kappa shape index (κ2) is 5.24. The van der Waals surface area contributed by atoms with E-state index in [0.717, 1.165) is 36.4 Å². The maximum Gasteiger partial charge on any atom is 0.256 e. The molecular weight excluding hydrogens is 266 g/mol. The number of rotatable bonds is 2. The van der Waals surface area contributed by atoms with Crippen LogP contribution in [0.3, 0.4) is 0 Å². The van der Waals surface area contributed by atoms with Crippen LogP contribution in [0.5, 0.6) is 0 Å². The minimum atomic E-state index is -0.0438. The van der Waals surface area contributed by atoms with E-state index in [1.165, 1.54) is 0 Å². The van der Waals surface area contributed by atoms with Crippen LogP contribution in [0.4, 0.5) is 5.69 Å². The molecule has 1 amide bonds. The Morgan fingerprint density at radius 2 is 2.24 bits per heavy atom. The molecule has 1 unspecified atom stereocenters. The van der Waals surface area contributed by atoms with Crippen LogP contribution in [0, 0.1) is 13.8 Å². The molecule has 0 spiro atoms. The number of hydrogen-bond acceptors (Lipinski definition) is 4. The van der Waals surface area contributed by atoms with Crippen LogP contribution in [-0.2, 0) is 0 Å². The Bertz CT molecular complexity index is 658. The number of anilines is 1. The van der Waals surface area contributed by atoms with Crippen molar-refractivity contribution < 1.29 is 9.32 Å². The van der Waals surface area contributed by atoms with Gasteiger partial charge in [0.05, 0.1) is 17.3 Å². The lowest BCUT2D eigenvalue weighted by atomic mass is 10.0. The van der Waals surface area contributed by atoms with Crippen LogP contribution in [0.2, 0.25) is 0 Å². The van der Waals surface area contributed by atoms with Crippen molar-refractivity contribution in [2.24, 2.45) is 0 Å². The van der Waals surface area contributed by atoms with Crippen molar-refractivity contribution >= 4 is 11.6 Å². The molecule has 0 aliphatic carbocycles. The molecular formula is C16H19N3O2. The average molecular weight is 285 g/mol. The molecule has 1 aromatic heterocycles. The van der Waals surface area contributed by atoms with Crippen LogP contribution < -0.4 is 5.73 Å². The van der Waals surface area contributed by atoms with Crippen LogP contribution in [-0.4, -0.2) is 22.5 Å². The third kappa shape index (κ3) is 2.39. The number of hydrogen-bond donors (Lipinski definition) is 1. The number of nitrogens with zero attached hydrogens (tertiary/aromatic N) is 2. The van der Waals surface area contributed by atoms with E-state index in [1.807, 2.05) is 36.9 Å². The zero-order valence-corrected chi connectivity index (χ0v) is 12.3. The number of amides is 1. The summed E-state index contributed by atoms with van der Waals surface area (Å²) in [5.74, 6) is 0.729. The summed E-state index contributed by atoms with van der Waals surface area (Å²) in [4.78, 5) is 14.7. The molecule has 3 rings (SSSR count). The van der Waals surface area contributed by atoms with Crippen LogP contribution in [0.25, 0.3) is 0 Å². The molecule has 21 heavy (non-hydrogen) atoms. The van der Waals surface area contributed by atoms with Gasteiger partial charge in [0.15, 0.2) is 5.76 Å². The second-order valence-corrected chi connectivity index (χ2v) is 5.57. The minimum Gasteiger partial charge on any atom is -0.398 e. The normalized spacial score (nSPS) is 18.2. The van der Waals surface area contributed by atoms with Gasteiger partial charge in [0, 0.05) is 18.3 Å². The number of carbonyl (C=O) groups excluding carboxylic acids is 1. The smallest absolute Gasteiger partial charge is 0.256 e. The van der Waals surface area contributed by atoms with Crippen molar-refractivity contribution in [3.05, 3.63) is 46.8 Å². The summed E-state index contributed by atoms with van der Waals surface area (Å²) in [6, 6.07) is 7.40. The molecule has 1 atom stereocenters. The van der Waals surface area contributed by atoms with E-state index in [1.54, 1.807) is 6.07 Å². The average Bonchev–Trinajstić information content (AvgIpc) is 3.06. The third-order valence-electron chi connectivity index (χ3n) is 4.01. The Morgan fingerprint density at radius 3 is 2.90 bits per heavy atom. The molecule has 2 heterocycles. The van der Waals surface area contributed by atoms with Crippen molar-refractivity contribution in [3.63, 3.8) is 0 Å². The van der Waals surface area contributed by atoms with Gasteiger partial charge < -0.3 is 15.2 Å². The monoisotopic (exact) mass is 285 g/mol. The molecule has 2 aromatic rings. The number of aryl methyl sites for hydroxylation is 2. The maximum absolute atomic E-state index is 12.9. The number of benzene rings is 1. The molecule has 2 N–H and O–H groups in total. The van der Waals surface area contributed by atoms with Gasteiger partial charge >= 0.3 is 0 Å². The van der Waals surface area contributed by atoms with Gasteiger partial charge in [-0.1, -0.05) is 17.3 Å². The molecule has 5 nitrogen and oxygen atoms in total. The van der Waals surface area contributed by atoms with Gasteiger partial charge in [0.1, 0.15) is 0 Å². The van der Waals surface area contributed by atoms with Crippen molar-refractivity contribution in [3.8, 4) is 0 Å². The van der Waals surface area contributed by atoms with E-state index in [2.05, 4.69) is 5.16 Å². The van der Waals surface area contributed by atoms with Gasteiger partial charge in [-0.15, -0.1) is 0 Å². The Kier molecular flexibility index (Phi) is 3.41. The molecule has 1 aliphatic rings. The van der Waals surface area contributed by atoms with Gasteiger partial charge in [-0.05, 0) is 38.3 Å². The SMILES string of the molecule is Cc1cc(C2CCCN2C(=O)c2c(C)cccc2N)on1. The summed E-state index contributed by atoms with van der Waals surface area (Å²) in [6.07, 6.45) is 1.86. The highest BCUT2D eigenvalue weighted by molar-refractivity contribution is 6.00. The first kappa shape index (κ1) is 13.7. The maximum atomic E-state index is 12.9. The number of nitrogens with two attached hydrogens (primary N) is 1. The molecule has 1 saturated heterocycles. The third-order valence-corrected chi connectivity index (χ3v) is 4.01. The van der Waals surface area contributed by atoms with Gasteiger partial charge in [-0.2, -0.15) is 0 Å². The Labute approximate surface area is 123 Å². The second-order valence-electron chi connectivity index (χ2n) is 5.57. The van der Waals surface area contributed by atoms with E-state index in [-0.39, 0.29) is 11.9 Å². The van der Waals surface area contributed by atoms with Gasteiger partial charge in [0.25, 0.3) is 5.91 Å². The molecule has 1 aromatic carbocycles. The zero-order chi connectivity index (χ0) is 15.0. The van der Waals surface area contributed by atoms with E-state index in [0.29, 0.717) is 11.3 Å². The summed E-state index contributed by atoms with van der Waals surface area (Å²) in [5.41, 5.74) is 8.86. The van der Waals surface area contributed by atoms with E-state index in [9.17, 15) is 4.79 Å². The van der Waals surface area contributed by atoms with E-state index < -0.39 is 0 Å². The summed E-state index contributed by atoms with van der Waals surface area (Å²) >= 11 is 0. The highest BCUT2D eigenvalue weighted by atomic mass is 16.5. The fraction of sp³-hybridized carbons (Fsp3) is 0.375. The largest absolute Gasteiger partial charge is 0.398 e. The molecule has 0 radical (unpaired) electrons. The van der Waals surface area contributed by atoms with Gasteiger partial charge in [-0.3, -0.25) is 4.79 Å². The Balaban J connectivity index is 1.93. The minimum absolute atomic E-state index is 0.0258. The fourth-order valence-corrected chi connectivity index (χ4v) is 2.97. The molecule has 1 fully saturated rings. The van der Waals surface area contributed by atoms with Crippen molar-refractivity contribution in [2.75, 3.05) is 12.3 Å². The number of nitrogen functional groups attached to an aromatic ring is 1. The summed E-state index contributed by atoms with van der Waals surface area (Å²) < 4.78 is 5.35. The van der Waals surface area contributed by atoms with Crippen LogP contribution >= 0.6 is 0 Å². The van der Waals surface area contributed by atoms with Crippen molar-refractivity contribution in [2.45, 2.75) is 32.7 Å². The fourth-order valence-electron chi connectivity index (χ4n) is 2.97. The molecule has 1 aliphatic heterocycles. The van der Waals surface area contributed by atoms with Gasteiger partial charge in [0.2, 0.25) is 0 Å². The predicted octanol–water partition coefficient (Wildman–Crippen LogP) is 2.85. The summed E-state index contributed by atoms with van der Waals surface area (Å²) in [6.45, 7) is 4.51. The quantitative estimate of drug-likeness (QED) is 0.861. The number of aromatic nitrogens is 1. The van der Waals surface area contributed by atoms with Gasteiger partial charge in [-0.25, -0.2) is 0 Å². The zero-order valence-electron chi connectivity index (χ0n) is 12.3.